The molecule has 2 amide bonds. The highest BCUT2D eigenvalue weighted by atomic mass is 127. The Balaban J connectivity index is 1.50. The quantitative estimate of drug-likeness (QED) is 0.183. The molecule has 6 nitrogen and oxygen atoms in total. The van der Waals surface area contributed by atoms with Crippen LogP contribution in [0.1, 0.15) is 45.7 Å². The third-order valence-electron chi connectivity index (χ3n) is 5.63. The molecule has 2 N–H and O–H groups in total. The van der Waals surface area contributed by atoms with E-state index in [1.54, 1.807) is 32.0 Å². The molecule has 0 fully saturated rings. The van der Waals surface area contributed by atoms with E-state index in [9.17, 15) is 35.9 Å². The van der Waals surface area contributed by atoms with E-state index in [0.717, 1.165) is 48.5 Å². The van der Waals surface area contributed by atoms with E-state index < -0.39 is 47.5 Å². The Morgan fingerprint density at radius 2 is 1.02 bits per heavy atom. The van der Waals surface area contributed by atoms with Gasteiger partial charge in [0.05, 0.1) is 27.8 Å². The van der Waals surface area contributed by atoms with E-state index in [-0.39, 0.29) is 24.2 Å². The molecule has 0 aliphatic carbocycles. The lowest BCUT2D eigenvalue weighted by Crippen LogP contribution is -2.34. The van der Waals surface area contributed by atoms with Crippen LogP contribution in [-0.4, -0.2) is 37.1 Å². The summed E-state index contributed by atoms with van der Waals surface area (Å²) in [6.07, 6.45) is -9.99. The number of hydrogen-bond acceptors (Lipinski definition) is 4. The Bertz CT molecular complexity index is 1250. The predicted octanol–water partition coefficient (Wildman–Crippen LogP) is 6.72. The van der Waals surface area contributed by atoms with Crippen molar-refractivity contribution in [2.75, 3.05) is 13.1 Å². The first-order valence-electron chi connectivity index (χ1n) is 12.2. The van der Waals surface area contributed by atoms with E-state index in [2.05, 4.69) is 10.6 Å². The van der Waals surface area contributed by atoms with Crippen molar-refractivity contribution in [3.63, 3.8) is 0 Å². The maximum atomic E-state index is 12.7. The maximum Gasteiger partial charge on any atom is 0.416 e. The average Bonchev–Trinajstić information content (AvgIpc) is 2.91. The molecule has 0 aliphatic heterocycles. The SMILES string of the molecule is C[C@@H](CNC(=O)c1ccc(C(F)(F)F)cc1)Oc1cccc(O[C@@H](C)CNC(=O)c2ccc(C(F)(F)F)cc2)c1I. The average molecular weight is 694 g/mol. The number of carbonyl (C=O) groups is 2. The standard InChI is InChI=1S/C28H25F6IN2O4/c1-16(14-36-25(38)18-6-10-20(11-7-18)27(29,30)31)40-22-4-3-5-23(24(22)35)41-17(2)15-37-26(39)19-8-12-21(13-9-19)28(32,33)34/h3-13,16-17H,14-15H2,1-2H3,(H,36,38)(H,37,39)/t16-,17-/m0/s1. The Hall–Kier alpha value is -3.49. The second-order valence-electron chi connectivity index (χ2n) is 9.00. The van der Waals surface area contributed by atoms with Gasteiger partial charge in [0.25, 0.3) is 11.8 Å². The summed E-state index contributed by atoms with van der Waals surface area (Å²) in [4.78, 5) is 24.6. The predicted molar refractivity (Wildman–Crippen MR) is 147 cm³/mol. The summed E-state index contributed by atoms with van der Waals surface area (Å²) in [5.74, 6) is -0.179. The van der Waals surface area contributed by atoms with Crippen LogP contribution in [-0.2, 0) is 12.4 Å². The molecule has 3 rings (SSSR count). The number of rotatable bonds is 10. The Morgan fingerprint density at radius 1 is 0.683 bits per heavy atom. The molecular formula is C28H25F6IN2O4. The molecule has 41 heavy (non-hydrogen) atoms. The molecule has 0 aromatic heterocycles. The minimum atomic E-state index is -4.49. The highest BCUT2D eigenvalue weighted by molar-refractivity contribution is 14.1. The van der Waals surface area contributed by atoms with Crippen LogP contribution in [0.2, 0.25) is 0 Å². The topological polar surface area (TPSA) is 76.7 Å². The first-order chi connectivity index (χ1) is 19.1. The van der Waals surface area contributed by atoms with Gasteiger partial charge in [-0.1, -0.05) is 6.07 Å². The third-order valence-corrected chi connectivity index (χ3v) is 6.70. The highest BCUT2D eigenvalue weighted by Crippen LogP contribution is 2.32. The number of ether oxygens (including phenoxy) is 2. The highest BCUT2D eigenvalue weighted by Gasteiger charge is 2.31. The molecule has 3 aromatic carbocycles. The van der Waals surface area contributed by atoms with Gasteiger partial charge < -0.3 is 20.1 Å². The van der Waals surface area contributed by atoms with Gasteiger partial charge in [0.2, 0.25) is 0 Å². The lowest BCUT2D eigenvalue weighted by molar-refractivity contribution is -0.138. The van der Waals surface area contributed by atoms with Crippen molar-refractivity contribution >= 4 is 34.4 Å². The minimum Gasteiger partial charge on any atom is -0.488 e. The van der Waals surface area contributed by atoms with Crippen LogP contribution in [0.4, 0.5) is 26.3 Å². The Kier molecular flexibility index (Phi) is 10.5. The van der Waals surface area contributed by atoms with Gasteiger partial charge in [-0.25, -0.2) is 0 Å². The number of carbonyl (C=O) groups excluding carboxylic acids is 2. The van der Waals surface area contributed by atoms with Crippen LogP contribution in [0.25, 0.3) is 0 Å². The van der Waals surface area contributed by atoms with Gasteiger partial charge in [0.15, 0.2) is 0 Å². The van der Waals surface area contributed by atoms with Gasteiger partial charge in [-0.2, -0.15) is 26.3 Å². The van der Waals surface area contributed by atoms with E-state index in [1.807, 2.05) is 22.6 Å². The normalized spacial score (nSPS) is 13.2. The molecule has 0 saturated heterocycles. The molecule has 220 valence electrons. The number of alkyl halides is 6. The molecule has 0 aliphatic rings. The molecule has 0 saturated carbocycles. The van der Waals surface area contributed by atoms with Crippen LogP contribution >= 0.6 is 22.6 Å². The number of amides is 2. The van der Waals surface area contributed by atoms with Crippen molar-refractivity contribution in [1.29, 1.82) is 0 Å². The molecule has 0 spiro atoms. The third kappa shape index (κ3) is 9.26. The fourth-order valence-electron chi connectivity index (χ4n) is 3.49. The van der Waals surface area contributed by atoms with Crippen molar-refractivity contribution in [2.24, 2.45) is 0 Å². The largest absolute Gasteiger partial charge is 0.488 e. The van der Waals surface area contributed by atoms with Crippen LogP contribution in [0.3, 0.4) is 0 Å². The maximum absolute atomic E-state index is 12.7. The van der Waals surface area contributed by atoms with Gasteiger partial charge >= 0.3 is 12.4 Å². The zero-order chi connectivity index (χ0) is 30.4. The summed E-state index contributed by atoms with van der Waals surface area (Å²) in [7, 11) is 0. The molecule has 13 heteroatoms. The van der Waals surface area contributed by atoms with E-state index in [1.165, 1.54) is 0 Å². The van der Waals surface area contributed by atoms with Crippen LogP contribution in [0.15, 0.2) is 66.7 Å². The van der Waals surface area contributed by atoms with E-state index in [0.29, 0.717) is 15.1 Å². The van der Waals surface area contributed by atoms with E-state index in [4.69, 9.17) is 9.47 Å². The molecule has 0 heterocycles. The zero-order valence-corrected chi connectivity index (χ0v) is 23.9. The molecule has 0 bridgehead atoms. The van der Waals surface area contributed by atoms with Crippen molar-refractivity contribution in [1.82, 2.24) is 10.6 Å². The van der Waals surface area contributed by atoms with Crippen molar-refractivity contribution in [2.45, 2.75) is 38.4 Å². The Labute approximate surface area is 245 Å². The van der Waals surface area contributed by atoms with Gasteiger partial charge in [-0.15, -0.1) is 0 Å². The Morgan fingerprint density at radius 3 is 1.34 bits per heavy atom. The van der Waals surface area contributed by atoms with Crippen molar-refractivity contribution in [3.8, 4) is 11.5 Å². The number of halogens is 7. The number of benzene rings is 3. The summed E-state index contributed by atoms with van der Waals surface area (Å²) in [6, 6.07) is 12.8. The first kappa shape index (κ1) is 32.0. The second-order valence-corrected chi connectivity index (χ2v) is 10.1. The van der Waals surface area contributed by atoms with Gasteiger partial charge in [-0.3, -0.25) is 9.59 Å². The minimum absolute atomic E-state index is 0.0768. The van der Waals surface area contributed by atoms with Gasteiger partial charge in [-0.05, 0) is 97.1 Å². The van der Waals surface area contributed by atoms with Gasteiger partial charge in [0.1, 0.15) is 23.7 Å². The van der Waals surface area contributed by atoms with Crippen LogP contribution in [0, 0.1) is 3.57 Å². The van der Waals surface area contributed by atoms with Crippen molar-refractivity contribution < 1.29 is 45.4 Å². The number of nitrogens with one attached hydrogen (secondary N) is 2. The monoisotopic (exact) mass is 694 g/mol. The number of hydrogen-bond donors (Lipinski definition) is 2. The summed E-state index contributed by atoms with van der Waals surface area (Å²) in [5, 5.41) is 5.24. The van der Waals surface area contributed by atoms with Gasteiger partial charge in [0, 0.05) is 11.1 Å². The second kappa shape index (κ2) is 13.4. The van der Waals surface area contributed by atoms with Crippen LogP contribution in [0.5, 0.6) is 11.5 Å². The van der Waals surface area contributed by atoms with E-state index >= 15 is 0 Å². The molecule has 0 unspecified atom stereocenters. The summed E-state index contributed by atoms with van der Waals surface area (Å²) < 4.78 is 88.7. The summed E-state index contributed by atoms with van der Waals surface area (Å²) >= 11 is 2.02. The fraction of sp³-hybridized carbons (Fsp3) is 0.286. The lowest BCUT2D eigenvalue weighted by Gasteiger charge is -2.20. The zero-order valence-electron chi connectivity index (χ0n) is 21.7. The smallest absolute Gasteiger partial charge is 0.416 e. The molecule has 0 radical (unpaired) electrons. The lowest BCUT2D eigenvalue weighted by atomic mass is 10.1. The van der Waals surface area contributed by atoms with Crippen molar-refractivity contribution in [3.05, 3.63) is 92.6 Å². The molecule has 2 atom stereocenters. The molecular weight excluding hydrogens is 669 g/mol. The summed E-state index contributed by atoms with van der Waals surface area (Å²) in [5.41, 5.74) is -1.54. The summed E-state index contributed by atoms with van der Waals surface area (Å²) in [6.45, 7) is 3.56. The fourth-order valence-corrected chi connectivity index (χ4v) is 4.10. The molecule has 3 aromatic rings. The first-order valence-corrected chi connectivity index (χ1v) is 13.3. The van der Waals surface area contributed by atoms with Crippen LogP contribution < -0.4 is 20.1 Å².